The van der Waals surface area contributed by atoms with Gasteiger partial charge < -0.3 is 4.42 Å². The van der Waals surface area contributed by atoms with Crippen LogP contribution in [-0.2, 0) is 6.42 Å². The smallest absolute Gasteiger partial charge is 0.301 e. The van der Waals surface area contributed by atoms with Gasteiger partial charge in [0, 0.05) is 29.1 Å². The third kappa shape index (κ3) is 4.78. The first-order valence-electron chi connectivity index (χ1n) is 10.6. The van der Waals surface area contributed by atoms with Crippen LogP contribution in [0.1, 0.15) is 24.7 Å². The number of para-hydroxylation sites is 1. The molecule has 3 aromatic carbocycles. The Morgan fingerprint density at radius 3 is 2.44 bits per heavy atom. The predicted molar refractivity (Wildman–Crippen MR) is 131 cm³/mol. The molecule has 172 valence electrons. The van der Waals surface area contributed by atoms with Gasteiger partial charge >= 0.3 is 5.69 Å². The lowest BCUT2D eigenvalue weighted by Crippen LogP contribution is -2.02. The fraction of sp³-hybridized carbons (Fsp3) is 0.160. The molecule has 0 saturated carbocycles. The first-order chi connectivity index (χ1) is 16.3. The Morgan fingerprint density at radius 1 is 1.00 bits per heavy atom. The van der Waals surface area contributed by atoms with E-state index >= 15 is 0 Å². The van der Waals surface area contributed by atoms with Crippen molar-refractivity contribution in [3.63, 3.8) is 0 Å². The van der Waals surface area contributed by atoms with Gasteiger partial charge in [0.15, 0.2) is 0 Å². The maximum Gasteiger partial charge on any atom is 0.301 e. The Bertz CT molecular complexity index is 1410. The molecule has 4 aromatic rings. The van der Waals surface area contributed by atoms with Crippen molar-refractivity contribution in [2.75, 3.05) is 5.43 Å². The quantitative estimate of drug-likeness (QED) is 0.179. The Labute approximate surface area is 195 Å². The number of fused-ring (bicyclic) bond motifs is 1. The number of nitro groups is 2. The van der Waals surface area contributed by atoms with Crippen LogP contribution < -0.4 is 5.43 Å². The third-order valence-electron chi connectivity index (χ3n) is 5.48. The molecule has 0 saturated heterocycles. The van der Waals surface area contributed by atoms with Crippen molar-refractivity contribution in [1.82, 2.24) is 0 Å². The lowest BCUT2D eigenvalue weighted by atomic mass is 9.99. The van der Waals surface area contributed by atoms with Crippen molar-refractivity contribution in [3.8, 4) is 11.1 Å². The number of hydrazone groups is 1. The fourth-order valence-electron chi connectivity index (χ4n) is 3.69. The van der Waals surface area contributed by atoms with Gasteiger partial charge in [0.2, 0.25) is 0 Å². The normalized spacial score (nSPS) is 11.5. The first kappa shape index (κ1) is 22.7. The molecule has 4 rings (SSSR count). The van der Waals surface area contributed by atoms with Crippen molar-refractivity contribution >= 4 is 33.7 Å². The maximum absolute atomic E-state index is 11.3. The molecule has 1 aromatic heterocycles. The highest BCUT2D eigenvalue weighted by molar-refractivity contribution is 5.96. The zero-order valence-corrected chi connectivity index (χ0v) is 18.6. The van der Waals surface area contributed by atoms with Crippen LogP contribution in [0.4, 0.5) is 17.1 Å². The molecule has 0 aliphatic rings. The van der Waals surface area contributed by atoms with Gasteiger partial charge in [-0.05, 0) is 38.0 Å². The molecule has 0 bridgehead atoms. The molecule has 0 atom stereocenters. The van der Waals surface area contributed by atoms with Crippen LogP contribution in [0.15, 0.2) is 76.2 Å². The Kier molecular flexibility index (Phi) is 6.35. The second-order valence-electron chi connectivity index (χ2n) is 7.94. The second-order valence-corrected chi connectivity index (χ2v) is 7.94. The summed E-state index contributed by atoms with van der Waals surface area (Å²) in [6, 6.07) is 19.6. The van der Waals surface area contributed by atoms with Crippen LogP contribution in [0.2, 0.25) is 0 Å². The van der Waals surface area contributed by atoms with Crippen molar-refractivity contribution in [2.24, 2.45) is 5.10 Å². The lowest BCUT2D eigenvalue weighted by molar-refractivity contribution is -0.393. The molecule has 0 spiro atoms. The third-order valence-corrected chi connectivity index (χ3v) is 5.48. The van der Waals surface area contributed by atoms with E-state index < -0.39 is 15.5 Å². The highest BCUT2D eigenvalue weighted by Crippen LogP contribution is 2.36. The van der Waals surface area contributed by atoms with E-state index in [0.717, 1.165) is 33.9 Å². The molecular formula is C25H22N4O5. The molecule has 0 amide bonds. The topological polar surface area (TPSA) is 124 Å². The number of hydrogen-bond acceptors (Lipinski definition) is 7. The van der Waals surface area contributed by atoms with Crippen LogP contribution in [0.25, 0.3) is 22.1 Å². The molecule has 0 radical (unpaired) electrons. The number of nitro benzene ring substituents is 2. The number of non-ortho nitro benzene ring substituents is 1. The average Bonchev–Trinajstić information content (AvgIpc) is 3.20. The van der Waals surface area contributed by atoms with Gasteiger partial charge in [-0.15, -0.1) is 0 Å². The van der Waals surface area contributed by atoms with E-state index in [0.29, 0.717) is 18.6 Å². The summed E-state index contributed by atoms with van der Waals surface area (Å²) in [5, 5.41) is 27.5. The summed E-state index contributed by atoms with van der Waals surface area (Å²) in [7, 11) is 0. The Hall–Kier alpha value is -4.53. The number of aryl methyl sites for hydroxylation is 2. The zero-order chi connectivity index (χ0) is 24.2. The molecule has 0 unspecified atom stereocenters. The summed E-state index contributed by atoms with van der Waals surface area (Å²) in [6.45, 7) is 3.85. The van der Waals surface area contributed by atoms with E-state index in [1.165, 1.54) is 17.7 Å². The molecular weight excluding hydrogens is 436 g/mol. The Morgan fingerprint density at radius 2 is 1.74 bits per heavy atom. The largest absolute Gasteiger partial charge is 0.460 e. The number of furan rings is 1. The van der Waals surface area contributed by atoms with Crippen molar-refractivity contribution in [3.05, 3.63) is 98.3 Å². The molecule has 1 N–H and O–H groups in total. The number of nitrogens with one attached hydrogen (secondary N) is 1. The number of hydrogen-bond donors (Lipinski definition) is 1. The highest BCUT2D eigenvalue weighted by Gasteiger charge is 2.19. The van der Waals surface area contributed by atoms with Gasteiger partial charge in [-0.25, -0.2) is 0 Å². The standard InChI is InChI=1S/C25H22N4O5/c1-16-7-10-18(11-8-16)25-20-5-3-4-6-23(20)34-24(25)14-9-17(2)26-27-21-13-12-19(28(30)31)15-22(21)29(32)33/h3-8,10-13,15,27H,9,14H2,1-2H3. The zero-order valence-electron chi connectivity index (χ0n) is 18.6. The van der Waals surface area contributed by atoms with Crippen LogP contribution in [-0.4, -0.2) is 15.6 Å². The summed E-state index contributed by atoms with van der Waals surface area (Å²) >= 11 is 0. The average molecular weight is 458 g/mol. The minimum Gasteiger partial charge on any atom is -0.460 e. The minimum absolute atomic E-state index is 0.0824. The molecule has 9 heteroatoms. The van der Waals surface area contributed by atoms with Gasteiger partial charge in [-0.2, -0.15) is 5.10 Å². The number of nitrogens with zero attached hydrogens (tertiary/aromatic N) is 3. The van der Waals surface area contributed by atoms with Gasteiger partial charge in [0.1, 0.15) is 17.0 Å². The van der Waals surface area contributed by atoms with Crippen LogP contribution in [0.3, 0.4) is 0 Å². The van der Waals surface area contributed by atoms with Crippen LogP contribution in [0.5, 0.6) is 0 Å². The van der Waals surface area contributed by atoms with Crippen molar-refractivity contribution < 1.29 is 14.3 Å². The molecule has 1 heterocycles. The van der Waals surface area contributed by atoms with E-state index in [9.17, 15) is 20.2 Å². The van der Waals surface area contributed by atoms with Crippen LogP contribution in [0, 0.1) is 27.2 Å². The molecule has 34 heavy (non-hydrogen) atoms. The van der Waals surface area contributed by atoms with E-state index in [2.05, 4.69) is 34.8 Å². The Balaban J connectivity index is 1.56. The molecule has 0 aliphatic heterocycles. The minimum atomic E-state index is -0.678. The number of benzene rings is 3. The summed E-state index contributed by atoms with van der Waals surface area (Å²) < 4.78 is 6.15. The predicted octanol–water partition coefficient (Wildman–Crippen LogP) is 6.65. The fourth-order valence-corrected chi connectivity index (χ4v) is 3.69. The van der Waals surface area contributed by atoms with E-state index in [1.54, 1.807) is 6.92 Å². The molecule has 0 fully saturated rings. The molecule has 9 nitrogen and oxygen atoms in total. The van der Waals surface area contributed by atoms with E-state index in [1.807, 2.05) is 31.2 Å². The second kappa shape index (κ2) is 9.53. The number of anilines is 1. The summed E-state index contributed by atoms with van der Waals surface area (Å²) in [5.74, 6) is 0.834. The lowest BCUT2D eigenvalue weighted by Gasteiger charge is -2.06. The summed E-state index contributed by atoms with van der Waals surface area (Å²) in [5.41, 5.74) is 6.78. The van der Waals surface area contributed by atoms with E-state index in [-0.39, 0.29) is 11.4 Å². The SMILES string of the molecule is CC(CCc1oc2ccccc2c1-c1ccc(C)cc1)=NNc1ccc([N+](=O)[O-])cc1[N+](=O)[O-]. The van der Waals surface area contributed by atoms with Gasteiger partial charge in [0.25, 0.3) is 5.69 Å². The maximum atomic E-state index is 11.3. The molecule has 0 aliphatic carbocycles. The van der Waals surface area contributed by atoms with Crippen molar-refractivity contribution in [1.29, 1.82) is 0 Å². The van der Waals surface area contributed by atoms with E-state index in [4.69, 9.17) is 4.42 Å². The van der Waals surface area contributed by atoms with Crippen molar-refractivity contribution in [2.45, 2.75) is 26.7 Å². The van der Waals surface area contributed by atoms with Gasteiger partial charge in [-0.1, -0.05) is 48.0 Å². The van der Waals surface area contributed by atoms with Gasteiger partial charge in [-0.3, -0.25) is 25.7 Å². The highest BCUT2D eigenvalue weighted by atomic mass is 16.6. The van der Waals surface area contributed by atoms with Crippen LogP contribution >= 0.6 is 0 Å². The summed E-state index contributed by atoms with van der Waals surface area (Å²) in [6.07, 6.45) is 1.13. The van der Waals surface area contributed by atoms with Gasteiger partial charge in [0.05, 0.1) is 15.9 Å². The monoisotopic (exact) mass is 458 g/mol. The first-order valence-corrected chi connectivity index (χ1v) is 10.6. The summed E-state index contributed by atoms with van der Waals surface area (Å²) in [4.78, 5) is 20.9. The number of rotatable bonds is 8.